The molecule has 0 saturated carbocycles. The van der Waals surface area contributed by atoms with Gasteiger partial charge in [0, 0.05) is 26.4 Å². The van der Waals surface area contributed by atoms with Gasteiger partial charge in [-0.25, -0.2) is 9.13 Å². The smallest absolute Gasteiger partial charge is 0.381 e. The Morgan fingerprint density at radius 2 is 1.00 bits per heavy atom. The highest BCUT2D eigenvalue weighted by Crippen LogP contribution is 2.61. The molecule has 0 heterocycles. The Labute approximate surface area is 162 Å². The minimum absolute atomic E-state index is 0.00541. The van der Waals surface area contributed by atoms with Crippen molar-refractivity contribution in [3.8, 4) is 0 Å². The van der Waals surface area contributed by atoms with Crippen molar-refractivity contribution >= 4 is 15.6 Å². The zero-order chi connectivity index (χ0) is 20.4. The summed E-state index contributed by atoms with van der Waals surface area (Å²) in [5.74, 6) is 0. The summed E-state index contributed by atoms with van der Waals surface area (Å²) < 4.78 is 48.5. The normalized spacial score (nSPS) is 12.6. The Morgan fingerprint density at radius 3 is 1.37 bits per heavy atom. The van der Waals surface area contributed by atoms with Crippen LogP contribution in [0.15, 0.2) is 0 Å². The third kappa shape index (κ3) is 19.3. The van der Waals surface area contributed by atoms with Gasteiger partial charge in [0.1, 0.15) is 0 Å². The highest BCUT2D eigenvalue weighted by atomic mass is 31.3. The highest BCUT2D eigenvalue weighted by Gasteiger charge is 2.35. The van der Waals surface area contributed by atoms with Crippen molar-refractivity contribution in [2.24, 2.45) is 0 Å². The number of unbranched alkanes of at least 4 members (excludes halogenated alkanes) is 4. The van der Waals surface area contributed by atoms with Crippen LogP contribution in [0, 0.1) is 0 Å². The second kappa shape index (κ2) is 17.1. The molecule has 11 heteroatoms. The average Bonchev–Trinajstić information content (AvgIpc) is 2.58. The molecule has 164 valence electrons. The summed E-state index contributed by atoms with van der Waals surface area (Å²) in [4.78, 5) is 17.8. The van der Waals surface area contributed by atoms with Gasteiger partial charge in [0.05, 0.1) is 13.2 Å². The molecule has 0 unspecified atom stereocenters. The van der Waals surface area contributed by atoms with Crippen molar-refractivity contribution in [3.63, 3.8) is 0 Å². The lowest BCUT2D eigenvalue weighted by Crippen LogP contribution is -2.04. The molecule has 0 saturated heterocycles. The van der Waals surface area contributed by atoms with Crippen LogP contribution in [-0.4, -0.2) is 49.4 Å². The van der Waals surface area contributed by atoms with Crippen molar-refractivity contribution in [2.45, 2.75) is 65.2 Å². The van der Waals surface area contributed by atoms with Gasteiger partial charge < -0.3 is 19.3 Å². The first kappa shape index (κ1) is 27.2. The number of rotatable bonds is 20. The third-order valence-electron chi connectivity index (χ3n) is 3.36. The average molecular weight is 434 g/mol. The van der Waals surface area contributed by atoms with E-state index in [1.54, 1.807) is 0 Å². The number of ether oxygens (including phenoxy) is 2. The van der Waals surface area contributed by atoms with Crippen molar-refractivity contribution < 1.29 is 41.7 Å². The number of hydrogen-bond acceptors (Lipinski definition) is 7. The fraction of sp³-hybridized carbons (Fsp3) is 1.00. The summed E-state index contributed by atoms with van der Waals surface area (Å²) in [6, 6.07) is 0. The summed E-state index contributed by atoms with van der Waals surface area (Å²) >= 11 is 0. The Morgan fingerprint density at radius 1 is 0.630 bits per heavy atom. The van der Waals surface area contributed by atoms with E-state index >= 15 is 0 Å². The van der Waals surface area contributed by atoms with E-state index in [0.717, 1.165) is 25.7 Å². The molecule has 0 atom stereocenters. The van der Waals surface area contributed by atoms with Crippen LogP contribution >= 0.6 is 15.6 Å². The lowest BCUT2D eigenvalue weighted by atomic mass is 10.3. The fourth-order valence-electron chi connectivity index (χ4n) is 1.88. The Bertz CT molecular complexity index is 404. The van der Waals surface area contributed by atoms with Gasteiger partial charge in [-0.05, 0) is 38.5 Å². The van der Waals surface area contributed by atoms with E-state index in [1.165, 1.54) is 0 Å². The van der Waals surface area contributed by atoms with Gasteiger partial charge in [0.25, 0.3) is 0 Å². The standard InChI is InChI=1S/C16H36O9P2/c1-3-5-11-21-13-7-9-15-23-27(20,25-26(17,18)19)24-16-10-8-14-22-12-6-4-2/h3-16H2,1-2H3,(H2,17,18,19). The molecular formula is C16H36O9P2. The quantitative estimate of drug-likeness (QED) is 0.212. The van der Waals surface area contributed by atoms with E-state index in [-0.39, 0.29) is 13.2 Å². The largest absolute Gasteiger partial charge is 0.483 e. The van der Waals surface area contributed by atoms with E-state index in [0.29, 0.717) is 52.1 Å². The third-order valence-corrected chi connectivity index (χ3v) is 6.00. The maximum Gasteiger partial charge on any atom is 0.483 e. The molecule has 0 amide bonds. The molecule has 0 aromatic rings. The molecule has 0 radical (unpaired) electrons. The zero-order valence-corrected chi connectivity index (χ0v) is 18.3. The minimum Gasteiger partial charge on any atom is -0.381 e. The topological polar surface area (TPSA) is 121 Å². The van der Waals surface area contributed by atoms with E-state index < -0.39 is 15.6 Å². The predicted molar refractivity (Wildman–Crippen MR) is 103 cm³/mol. The Hall–Kier alpha value is 0.180. The first-order valence-corrected chi connectivity index (χ1v) is 12.6. The summed E-state index contributed by atoms with van der Waals surface area (Å²) in [6.45, 7) is 6.64. The molecule has 0 aliphatic carbocycles. The molecule has 0 fully saturated rings. The molecule has 0 aliphatic heterocycles. The number of hydrogen-bond donors (Lipinski definition) is 2. The molecule has 0 bridgehead atoms. The summed E-state index contributed by atoms with van der Waals surface area (Å²) in [5, 5.41) is 0. The van der Waals surface area contributed by atoms with Crippen molar-refractivity contribution in [3.05, 3.63) is 0 Å². The van der Waals surface area contributed by atoms with Crippen LogP contribution in [0.4, 0.5) is 0 Å². The number of phosphoric ester groups is 1. The second-order valence-electron chi connectivity index (χ2n) is 6.03. The Kier molecular flexibility index (Phi) is 17.2. The SMILES string of the molecule is CCCCOCCCCOP(=O)(OCCCCOCCCC)OP(=O)(O)O. The molecule has 0 rings (SSSR count). The monoisotopic (exact) mass is 434 g/mol. The van der Waals surface area contributed by atoms with E-state index in [9.17, 15) is 9.13 Å². The van der Waals surface area contributed by atoms with Gasteiger partial charge in [-0.15, -0.1) is 0 Å². The van der Waals surface area contributed by atoms with Crippen LogP contribution in [0.25, 0.3) is 0 Å². The molecule has 0 spiro atoms. The molecule has 2 N–H and O–H groups in total. The predicted octanol–water partition coefficient (Wildman–Crippen LogP) is 4.43. The molecule has 0 aromatic heterocycles. The maximum absolute atomic E-state index is 12.4. The van der Waals surface area contributed by atoms with Crippen molar-refractivity contribution in [1.29, 1.82) is 0 Å². The van der Waals surface area contributed by atoms with Gasteiger partial charge in [-0.2, -0.15) is 4.31 Å². The fourth-order valence-corrected chi connectivity index (χ4v) is 4.08. The van der Waals surface area contributed by atoms with E-state index in [2.05, 4.69) is 18.2 Å². The Balaban J connectivity index is 4.03. The van der Waals surface area contributed by atoms with Crippen molar-refractivity contribution in [2.75, 3.05) is 39.6 Å². The van der Waals surface area contributed by atoms with Gasteiger partial charge in [0.15, 0.2) is 0 Å². The zero-order valence-electron chi connectivity index (χ0n) is 16.5. The van der Waals surface area contributed by atoms with Crippen LogP contribution < -0.4 is 0 Å². The molecular weight excluding hydrogens is 398 g/mol. The van der Waals surface area contributed by atoms with Crippen LogP contribution in [0.5, 0.6) is 0 Å². The lowest BCUT2D eigenvalue weighted by molar-refractivity contribution is 0.106. The molecule has 0 aromatic carbocycles. The first-order valence-electron chi connectivity index (χ1n) is 9.64. The summed E-state index contributed by atoms with van der Waals surface area (Å²) in [5.41, 5.74) is 0. The lowest BCUT2D eigenvalue weighted by Gasteiger charge is -2.18. The van der Waals surface area contributed by atoms with Crippen molar-refractivity contribution in [1.82, 2.24) is 0 Å². The maximum atomic E-state index is 12.4. The van der Waals surface area contributed by atoms with Crippen LogP contribution in [0.3, 0.4) is 0 Å². The van der Waals surface area contributed by atoms with Gasteiger partial charge in [0.2, 0.25) is 0 Å². The first-order chi connectivity index (χ1) is 12.8. The van der Waals surface area contributed by atoms with Gasteiger partial charge in [-0.1, -0.05) is 26.7 Å². The van der Waals surface area contributed by atoms with E-state index in [1.807, 2.05) is 0 Å². The van der Waals surface area contributed by atoms with E-state index in [4.69, 9.17) is 28.3 Å². The number of phosphoric acid groups is 2. The van der Waals surface area contributed by atoms with Crippen LogP contribution in [-0.2, 0) is 32.0 Å². The minimum atomic E-state index is -5.00. The highest BCUT2D eigenvalue weighted by molar-refractivity contribution is 7.61. The summed E-state index contributed by atoms with van der Waals surface area (Å²) in [7, 11) is -9.32. The summed E-state index contributed by atoms with van der Waals surface area (Å²) in [6.07, 6.45) is 6.50. The van der Waals surface area contributed by atoms with Gasteiger partial charge in [-0.3, -0.25) is 9.05 Å². The van der Waals surface area contributed by atoms with Gasteiger partial charge >= 0.3 is 15.6 Å². The van der Waals surface area contributed by atoms with Crippen LogP contribution in [0.2, 0.25) is 0 Å². The van der Waals surface area contributed by atoms with Crippen LogP contribution in [0.1, 0.15) is 65.2 Å². The molecule has 0 aliphatic rings. The molecule has 9 nitrogen and oxygen atoms in total. The second-order valence-corrected chi connectivity index (χ2v) is 9.08. The molecule has 27 heavy (non-hydrogen) atoms.